The second-order valence-electron chi connectivity index (χ2n) is 1.45. The van der Waals surface area contributed by atoms with Crippen LogP contribution in [-0.2, 0) is 0 Å². The molecule has 0 saturated carbocycles. The second-order valence-corrected chi connectivity index (χ2v) is 1.45. The molecule has 0 bridgehead atoms. The highest BCUT2D eigenvalue weighted by Crippen LogP contribution is 1.81. The lowest BCUT2D eigenvalue weighted by molar-refractivity contribution is 0.722. The summed E-state index contributed by atoms with van der Waals surface area (Å²) in [5.74, 6) is 0. The van der Waals surface area contributed by atoms with E-state index >= 15 is 0 Å². The van der Waals surface area contributed by atoms with Crippen LogP contribution in [-0.4, -0.2) is 6.04 Å². The van der Waals surface area contributed by atoms with E-state index in [1.165, 1.54) is 0 Å². The van der Waals surface area contributed by atoms with Crippen molar-refractivity contribution in [2.75, 3.05) is 0 Å². The average Bonchev–Trinajstić information content (AvgIpc) is 1.35. The maximum Gasteiger partial charge on any atom is 0.0207 e. The van der Waals surface area contributed by atoms with Crippen molar-refractivity contribution in [2.45, 2.75) is 19.4 Å². The van der Waals surface area contributed by atoms with Crippen LogP contribution in [0.3, 0.4) is 0 Å². The Morgan fingerprint density at radius 1 is 1.83 bits per heavy atom. The molecule has 0 aromatic rings. The molecule has 0 rings (SSSR count). The van der Waals surface area contributed by atoms with Gasteiger partial charge >= 0.3 is 0 Å². The number of hydrogen-bond donors (Lipinski definition) is 2. The highest BCUT2D eigenvalue weighted by Gasteiger charge is 1.86. The van der Waals surface area contributed by atoms with Crippen molar-refractivity contribution in [3.63, 3.8) is 0 Å². The zero-order valence-corrected chi connectivity index (χ0v) is 4.02. The van der Waals surface area contributed by atoms with Gasteiger partial charge in [0.1, 0.15) is 0 Å². The molecule has 2 heteroatoms. The van der Waals surface area contributed by atoms with Gasteiger partial charge in [0.05, 0.1) is 0 Å². The van der Waals surface area contributed by atoms with Crippen molar-refractivity contribution in [2.24, 2.45) is 11.5 Å². The lowest BCUT2D eigenvalue weighted by Crippen LogP contribution is -2.16. The van der Waals surface area contributed by atoms with E-state index in [2.05, 4.69) is 0 Å². The molecule has 0 saturated heterocycles. The summed E-state index contributed by atoms with van der Waals surface area (Å²) >= 11 is 0. The van der Waals surface area contributed by atoms with E-state index < -0.39 is 0 Å². The maximum atomic E-state index is 5.29. The SMILES string of the molecule is CC(N)C[CH]N. The summed E-state index contributed by atoms with van der Waals surface area (Å²) in [6, 6.07) is 0.218. The van der Waals surface area contributed by atoms with Crippen molar-refractivity contribution in [3.8, 4) is 0 Å². The van der Waals surface area contributed by atoms with Gasteiger partial charge in [-0.05, 0) is 13.3 Å². The molecule has 0 aliphatic heterocycles. The van der Waals surface area contributed by atoms with Gasteiger partial charge in [0.25, 0.3) is 0 Å². The average molecular weight is 87.1 g/mol. The van der Waals surface area contributed by atoms with Gasteiger partial charge in [-0.15, -0.1) is 0 Å². The van der Waals surface area contributed by atoms with Crippen LogP contribution in [0, 0.1) is 6.54 Å². The molecule has 0 spiro atoms. The van der Waals surface area contributed by atoms with Gasteiger partial charge in [0.2, 0.25) is 0 Å². The Hall–Kier alpha value is -0.0800. The molecule has 0 fully saturated rings. The third kappa shape index (κ3) is 3.92. The number of rotatable bonds is 2. The first-order valence-corrected chi connectivity index (χ1v) is 2.06. The fraction of sp³-hybridized carbons (Fsp3) is 0.750. The summed E-state index contributed by atoms with van der Waals surface area (Å²) in [6.45, 7) is 3.49. The molecular formula is C4H11N2. The largest absolute Gasteiger partial charge is 0.328 e. The van der Waals surface area contributed by atoms with Crippen LogP contribution in [0.4, 0.5) is 0 Å². The lowest BCUT2D eigenvalue weighted by Gasteiger charge is -1.96. The lowest BCUT2D eigenvalue weighted by atomic mass is 10.3. The summed E-state index contributed by atoms with van der Waals surface area (Å²) in [4.78, 5) is 0. The molecule has 0 aliphatic rings. The third-order valence-electron chi connectivity index (χ3n) is 0.508. The predicted molar refractivity (Wildman–Crippen MR) is 26.8 cm³/mol. The van der Waals surface area contributed by atoms with Crippen LogP contribution >= 0.6 is 0 Å². The van der Waals surface area contributed by atoms with Gasteiger partial charge in [-0.3, -0.25) is 0 Å². The van der Waals surface area contributed by atoms with E-state index in [1.807, 2.05) is 6.92 Å². The minimum absolute atomic E-state index is 0.218. The minimum Gasteiger partial charge on any atom is -0.328 e. The van der Waals surface area contributed by atoms with Gasteiger partial charge in [0, 0.05) is 12.6 Å². The summed E-state index contributed by atoms with van der Waals surface area (Å²) < 4.78 is 0. The minimum atomic E-state index is 0.218. The van der Waals surface area contributed by atoms with Crippen molar-refractivity contribution in [1.29, 1.82) is 0 Å². The van der Waals surface area contributed by atoms with Gasteiger partial charge in [-0.25, -0.2) is 0 Å². The van der Waals surface area contributed by atoms with Crippen LogP contribution in [0.5, 0.6) is 0 Å². The highest BCUT2D eigenvalue weighted by atomic mass is 14.6. The Bertz CT molecular complexity index is 26.7. The van der Waals surface area contributed by atoms with Crippen molar-refractivity contribution < 1.29 is 0 Å². The van der Waals surface area contributed by atoms with Crippen molar-refractivity contribution in [3.05, 3.63) is 6.54 Å². The first-order valence-electron chi connectivity index (χ1n) is 2.06. The molecule has 4 N–H and O–H groups in total. The molecule has 0 aliphatic carbocycles. The van der Waals surface area contributed by atoms with Gasteiger partial charge in [-0.1, -0.05) is 0 Å². The molecule has 1 unspecified atom stereocenters. The zero-order chi connectivity index (χ0) is 4.99. The van der Waals surface area contributed by atoms with Crippen molar-refractivity contribution in [1.82, 2.24) is 0 Å². The van der Waals surface area contributed by atoms with Crippen LogP contribution in [0.2, 0.25) is 0 Å². The zero-order valence-electron chi connectivity index (χ0n) is 4.02. The fourth-order valence-corrected chi connectivity index (χ4v) is 0.215. The molecule has 2 nitrogen and oxygen atoms in total. The predicted octanol–water partition coefficient (Wildman–Crippen LogP) is -0.156. The third-order valence-corrected chi connectivity index (χ3v) is 0.508. The molecular weight excluding hydrogens is 76.1 g/mol. The van der Waals surface area contributed by atoms with Crippen LogP contribution in [0.25, 0.3) is 0 Å². The van der Waals surface area contributed by atoms with Crippen molar-refractivity contribution >= 4 is 0 Å². The quantitative estimate of drug-likeness (QED) is 0.492. The Morgan fingerprint density at radius 2 is 2.33 bits per heavy atom. The Balaban J connectivity index is 2.63. The molecule has 6 heavy (non-hydrogen) atoms. The van der Waals surface area contributed by atoms with E-state index in [0.717, 1.165) is 6.42 Å². The van der Waals surface area contributed by atoms with E-state index in [9.17, 15) is 0 Å². The van der Waals surface area contributed by atoms with E-state index in [0.29, 0.717) is 0 Å². The maximum absolute atomic E-state index is 5.29. The van der Waals surface area contributed by atoms with Crippen LogP contribution in [0.15, 0.2) is 0 Å². The van der Waals surface area contributed by atoms with E-state index in [1.54, 1.807) is 6.54 Å². The van der Waals surface area contributed by atoms with Gasteiger partial charge in [-0.2, -0.15) is 0 Å². The van der Waals surface area contributed by atoms with Gasteiger partial charge in [0.15, 0.2) is 0 Å². The molecule has 1 atom stereocenters. The molecule has 0 aromatic heterocycles. The molecule has 0 amide bonds. The monoisotopic (exact) mass is 87.1 g/mol. The summed E-state index contributed by atoms with van der Waals surface area (Å²) in [5.41, 5.74) is 10.3. The normalized spacial score (nSPS) is 14.5. The topological polar surface area (TPSA) is 52.0 Å². The Labute approximate surface area is 38.5 Å². The summed E-state index contributed by atoms with van der Waals surface area (Å²) in [7, 11) is 0. The van der Waals surface area contributed by atoms with E-state index in [-0.39, 0.29) is 6.04 Å². The Kier molecular flexibility index (Phi) is 3.08. The standard InChI is InChI=1S/C4H11N2/c1-4(6)2-3-5/h3-4H,2,5-6H2,1H3. The number of hydrogen-bond acceptors (Lipinski definition) is 2. The van der Waals surface area contributed by atoms with Gasteiger partial charge < -0.3 is 11.5 Å². The summed E-state index contributed by atoms with van der Waals surface area (Å²) in [5, 5.41) is 0. The van der Waals surface area contributed by atoms with Crippen LogP contribution in [0.1, 0.15) is 13.3 Å². The fourth-order valence-electron chi connectivity index (χ4n) is 0.215. The molecule has 0 aromatic carbocycles. The van der Waals surface area contributed by atoms with Crippen LogP contribution < -0.4 is 11.5 Å². The molecule has 1 radical (unpaired) electrons. The first kappa shape index (κ1) is 5.92. The number of nitrogens with two attached hydrogens (primary N) is 2. The Morgan fingerprint density at radius 3 is 2.33 bits per heavy atom. The smallest absolute Gasteiger partial charge is 0.0207 e. The van der Waals surface area contributed by atoms with E-state index in [4.69, 9.17) is 11.5 Å². The molecule has 37 valence electrons. The summed E-state index contributed by atoms with van der Waals surface area (Å²) in [6.07, 6.45) is 0.806. The highest BCUT2D eigenvalue weighted by molar-refractivity contribution is 4.61. The first-order chi connectivity index (χ1) is 2.77. The molecule has 0 heterocycles. The second kappa shape index (κ2) is 3.12.